The molecule has 20 heavy (non-hydrogen) atoms. The summed E-state index contributed by atoms with van der Waals surface area (Å²) >= 11 is 0. The summed E-state index contributed by atoms with van der Waals surface area (Å²) in [5.41, 5.74) is 0. The molecule has 0 amide bonds. The molecule has 0 bridgehead atoms. The highest BCUT2D eigenvalue weighted by molar-refractivity contribution is 5.22. The van der Waals surface area contributed by atoms with E-state index in [0.29, 0.717) is 18.3 Å². The van der Waals surface area contributed by atoms with Crippen molar-refractivity contribution in [3.8, 4) is 5.75 Å². The van der Waals surface area contributed by atoms with Gasteiger partial charge in [0.05, 0.1) is 0 Å². The van der Waals surface area contributed by atoms with Crippen LogP contribution in [0.1, 0.15) is 13.3 Å². The molecule has 114 valence electrons. The summed E-state index contributed by atoms with van der Waals surface area (Å²) in [6.45, 7) is 3.78. The molecule has 5 heteroatoms. The van der Waals surface area contributed by atoms with Crippen molar-refractivity contribution < 1.29 is 14.2 Å². The van der Waals surface area contributed by atoms with Gasteiger partial charge in [-0.2, -0.15) is 0 Å². The van der Waals surface area contributed by atoms with Crippen molar-refractivity contribution in [2.24, 2.45) is 0 Å². The van der Waals surface area contributed by atoms with Crippen molar-refractivity contribution in [2.75, 3.05) is 33.8 Å². The standard InChI is InChI=1S/C15H25FN2O2/c1-12(8-9-18(2)3)17-10-14(19)11-20-15-6-4-13(16)5-7-15/h4-7,12,14,17,19H,8-11H2,1-3H3. The van der Waals surface area contributed by atoms with E-state index in [9.17, 15) is 9.50 Å². The van der Waals surface area contributed by atoms with E-state index in [0.717, 1.165) is 13.0 Å². The topological polar surface area (TPSA) is 44.7 Å². The maximum Gasteiger partial charge on any atom is 0.123 e. The summed E-state index contributed by atoms with van der Waals surface area (Å²) in [7, 11) is 4.08. The highest BCUT2D eigenvalue weighted by atomic mass is 19.1. The summed E-state index contributed by atoms with van der Waals surface area (Å²) in [5.74, 6) is 0.264. The Kier molecular flexibility index (Phi) is 7.51. The fourth-order valence-electron chi connectivity index (χ4n) is 1.67. The summed E-state index contributed by atoms with van der Waals surface area (Å²) in [5, 5.41) is 13.1. The predicted octanol–water partition coefficient (Wildman–Crippen LogP) is 1.50. The van der Waals surface area contributed by atoms with Gasteiger partial charge in [0.15, 0.2) is 0 Å². The normalized spacial score (nSPS) is 14.3. The molecule has 1 aromatic rings. The van der Waals surface area contributed by atoms with Crippen LogP contribution in [0.3, 0.4) is 0 Å². The van der Waals surface area contributed by atoms with Crippen LogP contribution in [0, 0.1) is 5.82 Å². The van der Waals surface area contributed by atoms with Crippen LogP contribution in [0.2, 0.25) is 0 Å². The first-order valence-electron chi connectivity index (χ1n) is 6.92. The fourth-order valence-corrected chi connectivity index (χ4v) is 1.67. The highest BCUT2D eigenvalue weighted by Crippen LogP contribution is 2.11. The molecule has 2 N–H and O–H groups in total. The molecule has 2 unspecified atom stereocenters. The largest absolute Gasteiger partial charge is 0.491 e. The number of halogens is 1. The van der Waals surface area contributed by atoms with E-state index in [2.05, 4.69) is 17.1 Å². The number of rotatable bonds is 9. The zero-order chi connectivity index (χ0) is 15.0. The fraction of sp³-hybridized carbons (Fsp3) is 0.600. The Hall–Kier alpha value is -1.17. The third-order valence-corrected chi connectivity index (χ3v) is 2.97. The van der Waals surface area contributed by atoms with Gasteiger partial charge in [-0.1, -0.05) is 0 Å². The number of aliphatic hydroxyl groups is 1. The molecule has 4 nitrogen and oxygen atoms in total. The molecule has 2 atom stereocenters. The molecule has 0 saturated carbocycles. The van der Waals surface area contributed by atoms with Gasteiger partial charge < -0.3 is 20.1 Å². The molecule has 0 aliphatic carbocycles. The Morgan fingerprint density at radius 2 is 1.95 bits per heavy atom. The minimum atomic E-state index is -0.582. The lowest BCUT2D eigenvalue weighted by molar-refractivity contribution is 0.103. The second-order valence-corrected chi connectivity index (χ2v) is 5.32. The lowest BCUT2D eigenvalue weighted by Crippen LogP contribution is -2.37. The molecule has 1 rings (SSSR count). The lowest BCUT2D eigenvalue weighted by atomic mass is 10.2. The van der Waals surface area contributed by atoms with E-state index >= 15 is 0 Å². The Morgan fingerprint density at radius 3 is 2.55 bits per heavy atom. The van der Waals surface area contributed by atoms with E-state index in [1.54, 1.807) is 12.1 Å². The van der Waals surface area contributed by atoms with E-state index in [4.69, 9.17) is 4.74 Å². The lowest BCUT2D eigenvalue weighted by Gasteiger charge is -2.19. The molecule has 0 aliphatic heterocycles. The SMILES string of the molecule is CC(CCN(C)C)NCC(O)COc1ccc(F)cc1. The molecule has 0 fully saturated rings. The summed E-state index contributed by atoms with van der Waals surface area (Å²) in [6, 6.07) is 6.12. The maximum atomic E-state index is 12.7. The van der Waals surface area contributed by atoms with Gasteiger partial charge in [0, 0.05) is 12.6 Å². The molecule has 0 spiro atoms. The molecular weight excluding hydrogens is 259 g/mol. The van der Waals surface area contributed by atoms with Crippen molar-refractivity contribution in [2.45, 2.75) is 25.5 Å². The second kappa shape index (κ2) is 8.89. The zero-order valence-electron chi connectivity index (χ0n) is 12.5. The van der Waals surface area contributed by atoms with Gasteiger partial charge in [-0.3, -0.25) is 0 Å². The van der Waals surface area contributed by atoms with Crippen molar-refractivity contribution in [3.63, 3.8) is 0 Å². The van der Waals surface area contributed by atoms with Crippen LogP contribution in [0.25, 0.3) is 0 Å². The van der Waals surface area contributed by atoms with Crippen LogP contribution in [0.5, 0.6) is 5.75 Å². The Morgan fingerprint density at radius 1 is 1.30 bits per heavy atom. The third-order valence-electron chi connectivity index (χ3n) is 2.97. The highest BCUT2D eigenvalue weighted by Gasteiger charge is 2.08. The maximum absolute atomic E-state index is 12.7. The second-order valence-electron chi connectivity index (χ2n) is 5.32. The molecular formula is C15H25FN2O2. The Labute approximate surface area is 120 Å². The van der Waals surface area contributed by atoms with Gasteiger partial charge in [-0.25, -0.2) is 4.39 Å². The monoisotopic (exact) mass is 284 g/mol. The number of hydrogen-bond acceptors (Lipinski definition) is 4. The van der Waals surface area contributed by atoms with Crippen LogP contribution in [0.4, 0.5) is 4.39 Å². The minimum absolute atomic E-state index is 0.193. The molecule has 0 aromatic heterocycles. The molecule has 0 heterocycles. The number of nitrogens with zero attached hydrogens (tertiary/aromatic N) is 1. The summed E-state index contributed by atoms with van der Waals surface area (Å²) in [4.78, 5) is 2.13. The van der Waals surface area contributed by atoms with E-state index in [1.165, 1.54) is 12.1 Å². The number of nitrogens with one attached hydrogen (secondary N) is 1. The van der Waals surface area contributed by atoms with Crippen LogP contribution in [-0.4, -0.2) is 55.9 Å². The van der Waals surface area contributed by atoms with Gasteiger partial charge >= 0.3 is 0 Å². The van der Waals surface area contributed by atoms with Gasteiger partial charge in [0.1, 0.15) is 24.3 Å². The van der Waals surface area contributed by atoms with Crippen molar-refractivity contribution in [3.05, 3.63) is 30.1 Å². The smallest absolute Gasteiger partial charge is 0.123 e. The first kappa shape index (κ1) is 16.9. The first-order valence-corrected chi connectivity index (χ1v) is 6.92. The van der Waals surface area contributed by atoms with Gasteiger partial charge in [0.2, 0.25) is 0 Å². The zero-order valence-corrected chi connectivity index (χ0v) is 12.5. The third kappa shape index (κ3) is 7.43. The Bertz CT molecular complexity index is 371. The first-order chi connectivity index (χ1) is 9.47. The van der Waals surface area contributed by atoms with Crippen LogP contribution in [-0.2, 0) is 0 Å². The van der Waals surface area contributed by atoms with Gasteiger partial charge in [-0.05, 0) is 58.3 Å². The van der Waals surface area contributed by atoms with Gasteiger partial charge in [-0.15, -0.1) is 0 Å². The average molecular weight is 284 g/mol. The van der Waals surface area contributed by atoms with E-state index in [-0.39, 0.29) is 12.4 Å². The van der Waals surface area contributed by atoms with Crippen LogP contribution >= 0.6 is 0 Å². The van der Waals surface area contributed by atoms with E-state index < -0.39 is 6.10 Å². The predicted molar refractivity (Wildman–Crippen MR) is 78.5 cm³/mol. The number of hydrogen-bond donors (Lipinski definition) is 2. The number of ether oxygens (including phenoxy) is 1. The van der Waals surface area contributed by atoms with E-state index in [1.807, 2.05) is 14.1 Å². The van der Waals surface area contributed by atoms with Crippen molar-refractivity contribution in [1.29, 1.82) is 0 Å². The van der Waals surface area contributed by atoms with Crippen LogP contribution in [0.15, 0.2) is 24.3 Å². The molecule has 0 radical (unpaired) electrons. The molecule has 0 aliphatic rings. The molecule has 1 aromatic carbocycles. The summed E-state index contributed by atoms with van der Waals surface area (Å²) < 4.78 is 18.1. The Balaban J connectivity index is 2.16. The van der Waals surface area contributed by atoms with Crippen molar-refractivity contribution >= 4 is 0 Å². The number of aliphatic hydroxyl groups excluding tert-OH is 1. The van der Waals surface area contributed by atoms with Gasteiger partial charge in [0.25, 0.3) is 0 Å². The van der Waals surface area contributed by atoms with Crippen LogP contribution < -0.4 is 10.1 Å². The minimum Gasteiger partial charge on any atom is -0.491 e. The quantitative estimate of drug-likeness (QED) is 0.721. The number of benzene rings is 1. The summed E-state index contributed by atoms with van der Waals surface area (Å²) in [6.07, 6.45) is 0.445. The average Bonchev–Trinajstić information content (AvgIpc) is 2.42. The molecule has 0 saturated heterocycles. The van der Waals surface area contributed by atoms with Crippen molar-refractivity contribution in [1.82, 2.24) is 10.2 Å².